The van der Waals surface area contributed by atoms with Gasteiger partial charge in [-0.15, -0.1) is 11.3 Å². The number of carbonyl (C=O) groups excluding carboxylic acids is 2. The van der Waals surface area contributed by atoms with Gasteiger partial charge in [-0.3, -0.25) is 14.5 Å². The molecule has 2 amide bonds. The first-order valence-corrected chi connectivity index (χ1v) is 11.7. The predicted molar refractivity (Wildman–Crippen MR) is 124 cm³/mol. The van der Waals surface area contributed by atoms with Gasteiger partial charge in [0.2, 0.25) is 5.91 Å². The van der Waals surface area contributed by atoms with Crippen molar-refractivity contribution in [3.8, 4) is 5.75 Å². The second-order valence-corrected chi connectivity index (χ2v) is 9.21. The van der Waals surface area contributed by atoms with E-state index >= 15 is 0 Å². The number of rotatable bonds is 7. The third-order valence-electron chi connectivity index (χ3n) is 5.79. The van der Waals surface area contributed by atoms with Crippen molar-refractivity contribution in [3.63, 3.8) is 0 Å². The highest BCUT2D eigenvalue weighted by Crippen LogP contribution is 2.39. The Morgan fingerprint density at radius 1 is 1.06 bits per heavy atom. The topological polar surface area (TPSA) is 73.9 Å². The monoisotopic (exact) mass is 442 g/mol. The number of benzene rings is 1. The number of anilines is 2. The lowest BCUT2D eigenvalue weighted by Crippen LogP contribution is -2.47. The molecule has 2 aromatic rings. The molecule has 2 heterocycles. The van der Waals surface area contributed by atoms with Crippen LogP contribution in [0.2, 0.25) is 0 Å². The van der Waals surface area contributed by atoms with Gasteiger partial charge in [-0.1, -0.05) is 0 Å². The summed E-state index contributed by atoms with van der Waals surface area (Å²) < 4.78 is 5.46. The molecule has 0 unspecified atom stereocenters. The van der Waals surface area contributed by atoms with Gasteiger partial charge < -0.3 is 20.3 Å². The van der Waals surface area contributed by atoms with E-state index in [1.54, 1.807) is 11.3 Å². The summed E-state index contributed by atoms with van der Waals surface area (Å²) >= 11 is 1.55. The van der Waals surface area contributed by atoms with Crippen LogP contribution in [0.3, 0.4) is 0 Å². The summed E-state index contributed by atoms with van der Waals surface area (Å²) in [5.41, 5.74) is 2.42. The number of fused-ring (bicyclic) bond motifs is 1. The van der Waals surface area contributed by atoms with E-state index < -0.39 is 0 Å². The highest BCUT2D eigenvalue weighted by Gasteiger charge is 2.28. The average Bonchev–Trinajstić information content (AvgIpc) is 3.32. The van der Waals surface area contributed by atoms with Gasteiger partial charge >= 0.3 is 0 Å². The van der Waals surface area contributed by atoms with Crippen LogP contribution in [0.5, 0.6) is 5.75 Å². The summed E-state index contributed by atoms with van der Waals surface area (Å²) in [6, 6.07) is 7.36. The molecule has 0 spiro atoms. The van der Waals surface area contributed by atoms with Crippen LogP contribution in [-0.2, 0) is 17.6 Å². The van der Waals surface area contributed by atoms with E-state index in [9.17, 15) is 9.59 Å². The molecular formula is C23H30N4O3S. The number of amides is 2. The molecule has 0 atom stereocenters. The van der Waals surface area contributed by atoms with Gasteiger partial charge in [0, 0.05) is 36.7 Å². The zero-order valence-corrected chi connectivity index (χ0v) is 19.0. The quantitative estimate of drug-likeness (QED) is 0.689. The van der Waals surface area contributed by atoms with Gasteiger partial charge in [-0.25, -0.2) is 0 Å². The maximum Gasteiger partial charge on any atom is 0.258 e. The molecule has 31 heavy (non-hydrogen) atoms. The fraction of sp³-hybridized carbons (Fsp3) is 0.478. The number of piperazine rings is 1. The summed E-state index contributed by atoms with van der Waals surface area (Å²) in [4.78, 5) is 31.5. The Morgan fingerprint density at radius 3 is 2.52 bits per heavy atom. The highest BCUT2D eigenvalue weighted by atomic mass is 32.1. The summed E-state index contributed by atoms with van der Waals surface area (Å²) in [5, 5.41) is 6.70. The van der Waals surface area contributed by atoms with Crippen LogP contribution in [0.25, 0.3) is 0 Å². The van der Waals surface area contributed by atoms with E-state index in [0.29, 0.717) is 29.4 Å². The van der Waals surface area contributed by atoms with Crippen molar-refractivity contribution in [2.45, 2.75) is 26.2 Å². The standard InChI is InChI=1S/C23H30N4O3S/c1-3-30-17-9-7-16(8-10-17)24-22(29)21-18-5-4-6-19(18)31-23(21)25-20(28)15-27-13-11-26(2)12-14-27/h7-10H,3-6,11-15H2,1-2H3,(H,24,29)(H,25,28). The lowest BCUT2D eigenvalue weighted by molar-refractivity contribution is -0.117. The largest absolute Gasteiger partial charge is 0.494 e. The molecule has 1 saturated heterocycles. The molecule has 1 aromatic carbocycles. The molecule has 8 heteroatoms. The molecule has 0 radical (unpaired) electrons. The third kappa shape index (κ3) is 5.26. The molecule has 1 aliphatic carbocycles. The zero-order valence-electron chi connectivity index (χ0n) is 18.2. The number of thiophene rings is 1. The molecule has 2 aliphatic rings. The number of nitrogens with one attached hydrogen (secondary N) is 2. The van der Waals surface area contributed by atoms with Crippen LogP contribution < -0.4 is 15.4 Å². The Bertz CT molecular complexity index is 933. The third-order valence-corrected chi connectivity index (χ3v) is 6.99. The number of carbonyl (C=O) groups is 2. The van der Waals surface area contributed by atoms with E-state index in [1.807, 2.05) is 31.2 Å². The van der Waals surface area contributed by atoms with E-state index in [0.717, 1.165) is 56.8 Å². The van der Waals surface area contributed by atoms with Gasteiger partial charge in [-0.05, 0) is 63.1 Å². The second-order valence-electron chi connectivity index (χ2n) is 8.10. The first-order chi connectivity index (χ1) is 15.0. The molecular weight excluding hydrogens is 412 g/mol. The SMILES string of the molecule is CCOc1ccc(NC(=O)c2c(NC(=O)CN3CCN(C)CC3)sc3c2CCC3)cc1. The second kappa shape index (κ2) is 9.80. The summed E-state index contributed by atoms with van der Waals surface area (Å²) in [5.74, 6) is 0.548. The number of nitrogens with zero attached hydrogens (tertiary/aromatic N) is 2. The molecule has 0 saturated carbocycles. The summed E-state index contributed by atoms with van der Waals surface area (Å²) in [6.07, 6.45) is 2.91. The average molecular weight is 443 g/mol. The fourth-order valence-electron chi connectivity index (χ4n) is 4.10. The molecule has 166 valence electrons. The normalized spacial score (nSPS) is 16.7. The van der Waals surface area contributed by atoms with Crippen LogP contribution in [0.1, 0.15) is 34.1 Å². The van der Waals surface area contributed by atoms with Gasteiger partial charge in [0.15, 0.2) is 0 Å². The Morgan fingerprint density at radius 2 is 1.81 bits per heavy atom. The minimum atomic E-state index is -0.168. The van der Waals surface area contributed by atoms with Crippen molar-refractivity contribution in [1.29, 1.82) is 0 Å². The van der Waals surface area contributed by atoms with Gasteiger partial charge in [0.25, 0.3) is 5.91 Å². The lowest BCUT2D eigenvalue weighted by atomic mass is 10.1. The maximum atomic E-state index is 13.2. The number of aryl methyl sites for hydroxylation is 1. The van der Waals surface area contributed by atoms with Crippen LogP contribution in [0.4, 0.5) is 10.7 Å². The predicted octanol–water partition coefficient (Wildman–Crippen LogP) is 3.07. The first-order valence-electron chi connectivity index (χ1n) is 10.9. The van der Waals surface area contributed by atoms with Gasteiger partial charge in [-0.2, -0.15) is 0 Å². The van der Waals surface area contributed by atoms with E-state index in [-0.39, 0.29) is 11.8 Å². The highest BCUT2D eigenvalue weighted by molar-refractivity contribution is 7.17. The van der Waals surface area contributed by atoms with Crippen LogP contribution in [0, 0.1) is 0 Å². The molecule has 1 aliphatic heterocycles. The van der Waals surface area contributed by atoms with Crippen molar-refractivity contribution in [3.05, 3.63) is 40.3 Å². The molecule has 7 nitrogen and oxygen atoms in total. The van der Waals surface area contributed by atoms with Crippen molar-refractivity contribution in [2.75, 3.05) is 57.0 Å². The first kappa shape index (κ1) is 21.8. The van der Waals surface area contributed by atoms with E-state index in [2.05, 4.69) is 27.5 Å². The lowest BCUT2D eigenvalue weighted by Gasteiger charge is -2.31. The summed E-state index contributed by atoms with van der Waals surface area (Å²) in [6.45, 7) is 6.60. The van der Waals surface area contributed by atoms with Crippen molar-refractivity contribution >= 4 is 33.8 Å². The fourth-order valence-corrected chi connectivity index (χ4v) is 5.41. The Hall–Kier alpha value is -2.42. The Balaban J connectivity index is 1.45. The molecule has 2 N–H and O–H groups in total. The van der Waals surface area contributed by atoms with Gasteiger partial charge in [0.05, 0.1) is 18.7 Å². The van der Waals surface area contributed by atoms with Crippen LogP contribution >= 0.6 is 11.3 Å². The Labute approximate surface area is 187 Å². The number of hydrogen-bond acceptors (Lipinski definition) is 6. The molecule has 0 bridgehead atoms. The molecule has 4 rings (SSSR count). The van der Waals surface area contributed by atoms with E-state index in [1.165, 1.54) is 4.88 Å². The minimum Gasteiger partial charge on any atom is -0.494 e. The maximum absolute atomic E-state index is 13.2. The van der Waals surface area contributed by atoms with Crippen molar-refractivity contribution in [1.82, 2.24) is 9.80 Å². The van der Waals surface area contributed by atoms with Gasteiger partial charge in [0.1, 0.15) is 10.8 Å². The summed E-state index contributed by atoms with van der Waals surface area (Å²) in [7, 11) is 2.10. The number of likely N-dealkylation sites (N-methyl/N-ethyl adjacent to an activating group) is 1. The minimum absolute atomic E-state index is 0.0559. The molecule has 1 fully saturated rings. The number of ether oxygens (including phenoxy) is 1. The van der Waals surface area contributed by atoms with Crippen LogP contribution in [-0.4, -0.2) is 68.0 Å². The zero-order chi connectivity index (χ0) is 21.8. The van der Waals surface area contributed by atoms with Crippen molar-refractivity contribution < 1.29 is 14.3 Å². The number of hydrogen-bond donors (Lipinski definition) is 2. The van der Waals surface area contributed by atoms with E-state index in [4.69, 9.17) is 4.74 Å². The van der Waals surface area contributed by atoms with Crippen molar-refractivity contribution in [2.24, 2.45) is 0 Å². The Kier molecular flexibility index (Phi) is 6.89. The molecule has 1 aromatic heterocycles. The smallest absolute Gasteiger partial charge is 0.258 e. The van der Waals surface area contributed by atoms with Crippen LogP contribution in [0.15, 0.2) is 24.3 Å².